The molecule has 2 nitrogen and oxygen atoms in total. The zero-order valence-corrected chi connectivity index (χ0v) is 12.1. The number of carbonyl (C=O) groups is 1. The molecule has 0 spiro atoms. The number of benzene rings is 1. The Morgan fingerprint density at radius 2 is 2.00 bits per heavy atom. The minimum Gasteiger partial charge on any atom is -0.341 e. The third kappa shape index (κ3) is 3.83. The van der Waals surface area contributed by atoms with Crippen molar-refractivity contribution in [2.45, 2.75) is 16.6 Å². The van der Waals surface area contributed by atoms with E-state index >= 15 is 0 Å². The number of alkyl halides is 1. The first kappa shape index (κ1) is 13.6. The summed E-state index contributed by atoms with van der Waals surface area (Å²) in [6.45, 7) is 2.74. The van der Waals surface area contributed by atoms with Crippen LogP contribution in [0.1, 0.15) is 17.3 Å². The van der Waals surface area contributed by atoms with Crippen LogP contribution in [0.2, 0.25) is 0 Å². The summed E-state index contributed by atoms with van der Waals surface area (Å²) in [4.78, 5) is 15.2. The van der Waals surface area contributed by atoms with E-state index in [1.165, 1.54) is 4.90 Å². The Bertz CT molecular complexity index is 351. The van der Waals surface area contributed by atoms with Crippen LogP contribution in [-0.4, -0.2) is 35.5 Å². The molecule has 0 heterocycles. The Labute approximate surface area is 110 Å². The molecule has 0 fully saturated rings. The van der Waals surface area contributed by atoms with E-state index in [9.17, 15) is 4.79 Å². The summed E-state index contributed by atoms with van der Waals surface area (Å²) in [6.07, 6.45) is 2.02. The molecule has 0 aliphatic carbocycles. The van der Waals surface area contributed by atoms with E-state index in [1.807, 2.05) is 44.5 Å². The van der Waals surface area contributed by atoms with Crippen LogP contribution >= 0.6 is 27.7 Å². The second-order valence-corrected chi connectivity index (χ2v) is 6.14. The van der Waals surface area contributed by atoms with Crippen molar-refractivity contribution >= 4 is 33.6 Å². The van der Waals surface area contributed by atoms with Crippen LogP contribution in [0.15, 0.2) is 29.2 Å². The lowest BCUT2D eigenvalue weighted by Crippen LogP contribution is -2.31. The SMILES string of the molecule is CSc1ccc(C(=O)N(C)CC(C)Br)cc1. The highest BCUT2D eigenvalue weighted by Crippen LogP contribution is 2.15. The molecule has 16 heavy (non-hydrogen) atoms. The lowest BCUT2D eigenvalue weighted by molar-refractivity contribution is 0.0797. The normalized spacial score (nSPS) is 12.2. The Balaban J connectivity index is 2.72. The molecule has 1 rings (SSSR count). The summed E-state index contributed by atoms with van der Waals surface area (Å²) in [5.41, 5.74) is 0.744. The molecule has 0 N–H and O–H groups in total. The first-order valence-corrected chi connectivity index (χ1v) is 7.22. The van der Waals surface area contributed by atoms with E-state index in [4.69, 9.17) is 0 Å². The minimum absolute atomic E-state index is 0.0685. The predicted molar refractivity (Wildman–Crippen MR) is 73.6 cm³/mol. The maximum Gasteiger partial charge on any atom is 0.253 e. The van der Waals surface area contributed by atoms with Gasteiger partial charge in [-0.25, -0.2) is 0 Å². The molecule has 0 saturated heterocycles. The van der Waals surface area contributed by atoms with Gasteiger partial charge in [0.2, 0.25) is 0 Å². The Kier molecular flexibility index (Phi) is 5.35. The van der Waals surface area contributed by atoms with Gasteiger partial charge in [-0.05, 0) is 30.5 Å². The van der Waals surface area contributed by atoms with E-state index in [2.05, 4.69) is 15.9 Å². The third-order valence-electron chi connectivity index (χ3n) is 2.21. The Morgan fingerprint density at radius 3 is 2.44 bits per heavy atom. The van der Waals surface area contributed by atoms with Crippen LogP contribution in [0.4, 0.5) is 0 Å². The number of halogens is 1. The number of carbonyl (C=O) groups excluding carboxylic acids is 1. The van der Waals surface area contributed by atoms with Crippen LogP contribution in [0, 0.1) is 0 Å². The second-order valence-electron chi connectivity index (χ2n) is 3.69. The number of thioether (sulfide) groups is 1. The van der Waals surface area contributed by atoms with Crippen LogP contribution in [0.25, 0.3) is 0 Å². The van der Waals surface area contributed by atoms with E-state index in [0.717, 1.165) is 5.56 Å². The molecule has 1 aromatic carbocycles. The highest BCUT2D eigenvalue weighted by atomic mass is 79.9. The standard InChI is InChI=1S/C12H16BrNOS/c1-9(13)8-14(2)12(15)10-4-6-11(16-3)7-5-10/h4-7,9H,8H2,1-3H3. The molecule has 1 amide bonds. The molecule has 0 radical (unpaired) electrons. The lowest BCUT2D eigenvalue weighted by atomic mass is 10.2. The van der Waals surface area contributed by atoms with Gasteiger partial charge < -0.3 is 4.90 Å². The second kappa shape index (κ2) is 6.30. The molecular formula is C12H16BrNOS. The molecule has 0 aliphatic heterocycles. The van der Waals surface area contributed by atoms with Crippen molar-refractivity contribution in [1.82, 2.24) is 4.90 Å². The number of rotatable bonds is 4. The van der Waals surface area contributed by atoms with E-state index in [0.29, 0.717) is 11.4 Å². The number of hydrogen-bond acceptors (Lipinski definition) is 2. The quantitative estimate of drug-likeness (QED) is 0.628. The molecule has 1 aromatic rings. The molecule has 0 aromatic heterocycles. The van der Waals surface area contributed by atoms with Gasteiger partial charge in [0.05, 0.1) is 0 Å². The fraction of sp³-hybridized carbons (Fsp3) is 0.417. The van der Waals surface area contributed by atoms with E-state index in [-0.39, 0.29) is 5.91 Å². The predicted octanol–water partition coefficient (Wildman–Crippen LogP) is 3.26. The topological polar surface area (TPSA) is 20.3 Å². The summed E-state index contributed by atoms with van der Waals surface area (Å²) in [5, 5.41) is 0. The number of hydrogen-bond donors (Lipinski definition) is 0. The van der Waals surface area contributed by atoms with Crippen molar-refractivity contribution in [1.29, 1.82) is 0 Å². The monoisotopic (exact) mass is 301 g/mol. The fourth-order valence-electron chi connectivity index (χ4n) is 1.41. The fourth-order valence-corrected chi connectivity index (χ4v) is 2.26. The van der Waals surface area contributed by atoms with E-state index in [1.54, 1.807) is 16.7 Å². The maximum atomic E-state index is 12.0. The van der Waals surface area contributed by atoms with Gasteiger partial charge in [0.1, 0.15) is 0 Å². The number of amides is 1. The van der Waals surface area contributed by atoms with Gasteiger partial charge in [0.15, 0.2) is 0 Å². The van der Waals surface area contributed by atoms with Crippen molar-refractivity contribution in [2.75, 3.05) is 19.8 Å². The summed E-state index contributed by atoms with van der Waals surface area (Å²) in [5.74, 6) is 0.0685. The molecule has 0 aliphatic rings. The Morgan fingerprint density at radius 1 is 1.44 bits per heavy atom. The van der Waals surface area contributed by atoms with Crippen molar-refractivity contribution in [3.05, 3.63) is 29.8 Å². The average molecular weight is 302 g/mol. The Hall–Kier alpha value is -0.480. The summed E-state index contributed by atoms with van der Waals surface area (Å²) >= 11 is 5.12. The van der Waals surface area contributed by atoms with Gasteiger partial charge in [0.25, 0.3) is 5.91 Å². The van der Waals surface area contributed by atoms with Crippen LogP contribution in [0.3, 0.4) is 0 Å². The molecule has 1 atom stereocenters. The highest BCUT2D eigenvalue weighted by molar-refractivity contribution is 9.09. The van der Waals surface area contributed by atoms with Gasteiger partial charge in [0, 0.05) is 28.9 Å². The zero-order valence-electron chi connectivity index (χ0n) is 9.74. The number of nitrogens with zero attached hydrogens (tertiary/aromatic N) is 1. The molecule has 0 bridgehead atoms. The van der Waals surface area contributed by atoms with Gasteiger partial charge in [-0.3, -0.25) is 4.79 Å². The van der Waals surface area contributed by atoms with Crippen molar-refractivity contribution in [2.24, 2.45) is 0 Å². The molecule has 88 valence electrons. The van der Waals surface area contributed by atoms with Gasteiger partial charge >= 0.3 is 0 Å². The highest BCUT2D eigenvalue weighted by Gasteiger charge is 2.12. The van der Waals surface area contributed by atoms with Crippen LogP contribution in [-0.2, 0) is 0 Å². The minimum atomic E-state index is 0.0685. The van der Waals surface area contributed by atoms with Crippen molar-refractivity contribution in [3.63, 3.8) is 0 Å². The van der Waals surface area contributed by atoms with Crippen molar-refractivity contribution < 1.29 is 4.79 Å². The first-order chi connectivity index (χ1) is 7.54. The van der Waals surface area contributed by atoms with E-state index < -0.39 is 0 Å². The average Bonchev–Trinajstić information content (AvgIpc) is 2.27. The maximum absolute atomic E-state index is 12.0. The smallest absolute Gasteiger partial charge is 0.253 e. The molecule has 4 heteroatoms. The largest absolute Gasteiger partial charge is 0.341 e. The van der Waals surface area contributed by atoms with Crippen LogP contribution < -0.4 is 0 Å². The first-order valence-electron chi connectivity index (χ1n) is 5.08. The molecule has 1 unspecified atom stereocenters. The molecule has 0 saturated carbocycles. The zero-order chi connectivity index (χ0) is 12.1. The third-order valence-corrected chi connectivity index (χ3v) is 3.24. The van der Waals surface area contributed by atoms with Gasteiger partial charge in [-0.1, -0.05) is 22.9 Å². The lowest BCUT2D eigenvalue weighted by Gasteiger charge is -2.18. The summed E-state index contributed by atoms with van der Waals surface area (Å²) in [6, 6.07) is 7.71. The summed E-state index contributed by atoms with van der Waals surface area (Å²) in [7, 11) is 1.82. The van der Waals surface area contributed by atoms with Crippen molar-refractivity contribution in [3.8, 4) is 0 Å². The van der Waals surface area contributed by atoms with Crippen LogP contribution in [0.5, 0.6) is 0 Å². The molecular weight excluding hydrogens is 286 g/mol. The summed E-state index contributed by atoms with van der Waals surface area (Å²) < 4.78 is 0. The van der Waals surface area contributed by atoms with Gasteiger partial charge in [-0.2, -0.15) is 0 Å². The van der Waals surface area contributed by atoms with Gasteiger partial charge in [-0.15, -0.1) is 11.8 Å².